The molecule has 0 saturated heterocycles. The molecule has 0 unspecified atom stereocenters. The van der Waals surface area contributed by atoms with Crippen molar-refractivity contribution in [3.8, 4) is 33.4 Å². The minimum atomic E-state index is 0.692. The molecular formula is C49H30N2O. The van der Waals surface area contributed by atoms with Crippen molar-refractivity contribution in [3.05, 3.63) is 182 Å². The Hall–Kier alpha value is -6.97. The summed E-state index contributed by atoms with van der Waals surface area (Å²) in [6, 6.07) is 63.1. The first kappa shape index (κ1) is 28.8. The monoisotopic (exact) mass is 662 g/mol. The van der Waals surface area contributed by atoms with Gasteiger partial charge in [-0.25, -0.2) is 4.98 Å². The molecule has 0 amide bonds. The summed E-state index contributed by atoms with van der Waals surface area (Å²) < 4.78 is 6.65. The Morgan fingerprint density at radius 3 is 1.75 bits per heavy atom. The van der Waals surface area contributed by atoms with Gasteiger partial charge in [0.1, 0.15) is 5.58 Å². The van der Waals surface area contributed by atoms with E-state index in [0.29, 0.717) is 5.71 Å². The second-order valence-electron chi connectivity index (χ2n) is 13.5. The molecule has 11 aromatic rings. The summed E-state index contributed by atoms with van der Waals surface area (Å²) in [6.45, 7) is 0. The first-order chi connectivity index (χ1) is 25.8. The first-order valence-electron chi connectivity index (χ1n) is 17.7. The number of pyridine rings is 1. The van der Waals surface area contributed by atoms with E-state index in [4.69, 9.17) is 9.40 Å². The number of hydrogen-bond donors (Lipinski definition) is 0. The summed E-state index contributed by atoms with van der Waals surface area (Å²) in [7, 11) is 0. The van der Waals surface area contributed by atoms with Crippen molar-refractivity contribution in [2.24, 2.45) is 0 Å². The zero-order valence-corrected chi connectivity index (χ0v) is 28.1. The van der Waals surface area contributed by atoms with Crippen LogP contribution in [-0.4, -0.2) is 4.98 Å². The van der Waals surface area contributed by atoms with Gasteiger partial charge in [-0.05, 0) is 109 Å². The first-order valence-corrected chi connectivity index (χ1v) is 17.7. The van der Waals surface area contributed by atoms with Crippen LogP contribution in [-0.2, 0) is 0 Å². The van der Waals surface area contributed by atoms with Crippen LogP contribution in [0, 0.1) is 0 Å². The van der Waals surface area contributed by atoms with E-state index in [0.717, 1.165) is 50.3 Å². The second-order valence-corrected chi connectivity index (χ2v) is 13.5. The predicted molar refractivity (Wildman–Crippen MR) is 217 cm³/mol. The second kappa shape index (κ2) is 11.3. The maximum Gasteiger partial charge on any atom is 0.227 e. The number of anilines is 3. The highest BCUT2D eigenvalue weighted by molar-refractivity contribution is 6.40. The topological polar surface area (TPSA) is 29.3 Å². The molecule has 0 aliphatic rings. The highest BCUT2D eigenvalue weighted by Crippen LogP contribution is 2.49. The van der Waals surface area contributed by atoms with Crippen molar-refractivity contribution in [1.29, 1.82) is 0 Å². The Kier molecular flexibility index (Phi) is 6.25. The summed E-state index contributed by atoms with van der Waals surface area (Å²) in [5.74, 6) is 0. The molecule has 9 aromatic carbocycles. The fourth-order valence-corrected chi connectivity index (χ4v) is 8.25. The smallest absolute Gasteiger partial charge is 0.227 e. The van der Waals surface area contributed by atoms with Crippen molar-refractivity contribution in [2.45, 2.75) is 0 Å². The average Bonchev–Trinajstić information content (AvgIpc) is 3.62. The SMILES string of the molecule is c1ccc(-c2ccc(N(c3ccccc3)c3ccc(-c4cccc(-c5cc6ccc7cccc8c9ccnc%10oc5c(c%109)c6c78)c4)cc3)cc2)cc1. The number of para-hydroxylation sites is 1. The van der Waals surface area contributed by atoms with Crippen LogP contribution in [0.5, 0.6) is 0 Å². The molecule has 0 saturated carbocycles. The Balaban J connectivity index is 1.00. The number of aromatic nitrogens is 1. The molecule has 2 heterocycles. The van der Waals surface area contributed by atoms with Crippen molar-refractivity contribution in [1.82, 2.24) is 4.98 Å². The van der Waals surface area contributed by atoms with E-state index in [1.54, 1.807) is 0 Å². The van der Waals surface area contributed by atoms with Crippen LogP contribution in [0.15, 0.2) is 187 Å². The normalized spacial score (nSPS) is 11.8. The number of fused-ring (bicyclic) bond motifs is 1. The standard InChI is InChI=1S/C49H30N2O/c1-3-9-31(10-4-1)32-19-23-39(24-20-32)51(38-14-5-2-6-15-38)40-25-21-33(22-26-40)35-12-7-13-36(29-35)43-30-37-18-17-34-11-8-16-41-42-27-28-50-49-46(42)47(48(43)52-49)45(37)44(34)41/h1-30H. The summed E-state index contributed by atoms with van der Waals surface area (Å²) >= 11 is 0. The van der Waals surface area contributed by atoms with E-state index in [2.05, 4.69) is 181 Å². The van der Waals surface area contributed by atoms with Gasteiger partial charge in [0, 0.05) is 39.6 Å². The third-order valence-electron chi connectivity index (χ3n) is 10.6. The minimum Gasteiger partial charge on any atom is -0.437 e. The van der Waals surface area contributed by atoms with Crippen LogP contribution < -0.4 is 4.90 Å². The Labute approximate surface area is 300 Å². The molecule has 2 aromatic heterocycles. The van der Waals surface area contributed by atoms with Crippen LogP contribution in [0.4, 0.5) is 17.1 Å². The Morgan fingerprint density at radius 1 is 0.385 bits per heavy atom. The molecule has 0 spiro atoms. The molecule has 11 rings (SSSR count). The molecule has 0 fully saturated rings. The van der Waals surface area contributed by atoms with E-state index in [1.165, 1.54) is 48.8 Å². The number of hydrogen-bond acceptors (Lipinski definition) is 3. The number of benzene rings is 9. The number of rotatable bonds is 6. The summed E-state index contributed by atoms with van der Waals surface area (Å²) in [6.07, 6.45) is 1.87. The zero-order chi connectivity index (χ0) is 34.2. The lowest BCUT2D eigenvalue weighted by molar-refractivity contribution is 0.655. The van der Waals surface area contributed by atoms with Crippen LogP contribution in [0.2, 0.25) is 0 Å². The van der Waals surface area contributed by atoms with E-state index in [9.17, 15) is 0 Å². The van der Waals surface area contributed by atoms with Gasteiger partial charge in [0.05, 0.1) is 5.39 Å². The molecule has 0 radical (unpaired) electrons. The van der Waals surface area contributed by atoms with Crippen molar-refractivity contribution in [2.75, 3.05) is 4.90 Å². The largest absolute Gasteiger partial charge is 0.437 e. The van der Waals surface area contributed by atoms with Crippen molar-refractivity contribution in [3.63, 3.8) is 0 Å². The van der Waals surface area contributed by atoms with Gasteiger partial charge in [-0.15, -0.1) is 0 Å². The molecule has 0 aliphatic heterocycles. The molecule has 0 aliphatic carbocycles. The van der Waals surface area contributed by atoms with Gasteiger partial charge < -0.3 is 9.32 Å². The van der Waals surface area contributed by atoms with Crippen LogP contribution >= 0.6 is 0 Å². The third kappa shape index (κ3) is 4.36. The van der Waals surface area contributed by atoms with Crippen LogP contribution in [0.1, 0.15) is 0 Å². The lowest BCUT2D eigenvalue weighted by Gasteiger charge is -2.26. The zero-order valence-electron chi connectivity index (χ0n) is 28.1. The van der Waals surface area contributed by atoms with Gasteiger partial charge in [0.15, 0.2) is 0 Å². The van der Waals surface area contributed by atoms with Gasteiger partial charge >= 0.3 is 0 Å². The van der Waals surface area contributed by atoms with Gasteiger partial charge in [-0.2, -0.15) is 0 Å². The lowest BCUT2D eigenvalue weighted by atomic mass is 9.87. The fraction of sp³-hybridized carbons (Fsp3) is 0. The fourth-order valence-electron chi connectivity index (χ4n) is 8.25. The molecule has 0 bridgehead atoms. The van der Waals surface area contributed by atoms with Gasteiger partial charge in [-0.3, -0.25) is 0 Å². The van der Waals surface area contributed by atoms with E-state index in [-0.39, 0.29) is 0 Å². The molecule has 0 N–H and O–H groups in total. The molecular weight excluding hydrogens is 633 g/mol. The molecule has 52 heavy (non-hydrogen) atoms. The van der Waals surface area contributed by atoms with Gasteiger partial charge in [-0.1, -0.05) is 121 Å². The molecule has 3 nitrogen and oxygen atoms in total. The lowest BCUT2D eigenvalue weighted by Crippen LogP contribution is -2.09. The predicted octanol–water partition coefficient (Wildman–Crippen LogP) is 13.8. The Bertz CT molecular complexity index is 3040. The maximum absolute atomic E-state index is 6.65. The van der Waals surface area contributed by atoms with Gasteiger partial charge in [0.2, 0.25) is 5.71 Å². The molecule has 3 heteroatoms. The van der Waals surface area contributed by atoms with E-state index < -0.39 is 0 Å². The minimum absolute atomic E-state index is 0.692. The van der Waals surface area contributed by atoms with Gasteiger partial charge in [0.25, 0.3) is 0 Å². The van der Waals surface area contributed by atoms with Crippen LogP contribution in [0.3, 0.4) is 0 Å². The number of furan rings is 1. The highest BCUT2D eigenvalue weighted by atomic mass is 16.3. The third-order valence-corrected chi connectivity index (χ3v) is 10.6. The maximum atomic E-state index is 6.65. The van der Waals surface area contributed by atoms with Crippen LogP contribution in [0.25, 0.3) is 87.8 Å². The average molecular weight is 663 g/mol. The summed E-state index contributed by atoms with van der Waals surface area (Å²) in [5.41, 5.74) is 11.8. The highest BCUT2D eigenvalue weighted by Gasteiger charge is 2.23. The quantitative estimate of drug-likeness (QED) is 0.131. The number of nitrogens with zero attached hydrogens (tertiary/aromatic N) is 2. The van der Waals surface area contributed by atoms with Crippen molar-refractivity contribution >= 4 is 71.4 Å². The summed E-state index contributed by atoms with van der Waals surface area (Å²) in [5, 5.41) is 9.74. The Morgan fingerprint density at radius 2 is 0.981 bits per heavy atom. The van der Waals surface area contributed by atoms with E-state index >= 15 is 0 Å². The molecule has 242 valence electrons. The van der Waals surface area contributed by atoms with Crippen molar-refractivity contribution < 1.29 is 4.42 Å². The summed E-state index contributed by atoms with van der Waals surface area (Å²) in [4.78, 5) is 7.00. The van der Waals surface area contributed by atoms with E-state index in [1.807, 2.05) is 6.20 Å². The molecule has 0 atom stereocenters.